The molecule has 6 rings (SSSR count). The van der Waals surface area contributed by atoms with E-state index in [-0.39, 0.29) is 24.8 Å². The smallest absolute Gasteiger partial charge is 0.243 e. The maximum Gasteiger partial charge on any atom is 0.243 e. The highest BCUT2D eigenvalue weighted by atomic mass is 32.1. The van der Waals surface area contributed by atoms with Gasteiger partial charge in [0.1, 0.15) is 11.2 Å². The molecule has 0 aliphatic carbocycles. The first-order valence-electron chi connectivity index (χ1n) is 10.1. The molecule has 1 spiro atoms. The number of hydrogen-bond acceptors (Lipinski definition) is 5. The van der Waals surface area contributed by atoms with Gasteiger partial charge in [-0.1, -0.05) is 47.6 Å². The third-order valence-electron chi connectivity index (χ3n) is 6.20. The second-order valence-electron chi connectivity index (χ2n) is 7.98. The zero-order valence-corrected chi connectivity index (χ0v) is 17.9. The van der Waals surface area contributed by atoms with Crippen LogP contribution >= 0.6 is 11.3 Å². The maximum absolute atomic E-state index is 13.9. The molecule has 1 N–H and O–H groups in total. The number of terminal acetylenes is 1. The fourth-order valence-electron chi connectivity index (χ4n) is 4.87. The fraction of sp³-hybridized carbons (Fsp3) is 0.167. The average molecular weight is 440 g/mol. The number of anilines is 2. The van der Waals surface area contributed by atoms with Gasteiger partial charge in [-0.2, -0.15) is 9.78 Å². The second-order valence-corrected chi connectivity index (χ2v) is 8.99. The van der Waals surface area contributed by atoms with Crippen LogP contribution in [0.5, 0.6) is 0 Å². The van der Waals surface area contributed by atoms with E-state index in [1.807, 2.05) is 49.4 Å². The third-order valence-corrected chi connectivity index (χ3v) is 7.22. The van der Waals surface area contributed by atoms with E-state index in [4.69, 9.17) is 6.42 Å². The van der Waals surface area contributed by atoms with Crippen molar-refractivity contribution < 1.29 is 9.59 Å². The van der Waals surface area contributed by atoms with Crippen molar-refractivity contribution in [1.29, 1.82) is 0 Å². The van der Waals surface area contributed by atoms with E-state index >= 15 is 0 Å². The van der Waals surface area contributed by atoms with Crippen LogP contribution in [0, 0.1) is 19.3 Å². The van der Waals surface area contributed by atoms with Crippen LogP contribution in [-0.4, -0.2) is 33.1 Å². The molecular formula is C24H17N5O2S. The number of aryl methyl sites for hydroxylation is 1. The lowest BCUT2D eigenvalue weighted by Crippen LogP contribution is -2.46. The highest BCUT2D eigenvalue weighted by Crippen LogP contribution is 2.53. The van der Waals surface area contributed by atoms with Gasteiger partial charge in [0.15, 0.2) is 0 Å². The van der Waals surface area contributed by atoms with E-state index in [9.17, 15) is 9.59 Å². The first-order chi connectivity index (χ1) is 15.5. The molecule has 2 aliphatic rings. The highest BCUT2D eigenvalue weighted by Gasteiger charge is 2.57. The van der Waals surface area contributed by atoms with Crippen LogP contribution in [0.15, 0.2) is 48.7 Å². The van der Waals surface area contributed by atoms with Crippen LogP contribution in [0.4, 0.5) is 11.5 Å². The Morgan fingerprint density at radius 3 is 2.84 bits per heavy atom. The van der Waals surface area contributed by atoms with Gasteiger partial charge in [0, 0.05) is 12.0 Å². The van der Waals surface area contributed by atoms with E-state index in [2.05, 4.69) is 21.3 Å². The van der Waals surface area contributed by atoms with Gasteiger partial charge in [0.05, 0.1) is 28.6 Å². The maximum atomic E-state index is 13.9. The van der Waals surface area contributed by atoms with Crippen molar-refractivity contribution in [1.82, 2.24) is 14.8 Å². The van der Waals surface area contributed by atoms with Crippen LogP contribution in [0.1, 0.15) is 23.1 Å². The Bertz CT molecular complexity index is 1460. The molecule has 0 radical (unpaired) electrons. The Morgan fingerprint density at radius 2 is 2.03 bits per heavy atom. The number of fused-ring (bicyclic) bond motifs is 5. The highest BCUT2D eigenvalue weighted by molar-refractivity contribution is 7.20. The zero-order valence-electron chi connectivity index (χ0n) is 17.1. The van der Waals surface area contributed by atoms with E-state index in [1.54, 1.807) is 15.8 Å². The summed E-state index contributed by atoms with van der Waals surface area (Å²) in [4.78, 5) is 33.1. The summed E-state index contributed by atoms with van der Waals surface area (Å²) in [6, 6.07) is 13.6. The molecule has 2 aromatic carbocycles. The van der Waals surface area contributed by atoms with Crippen LogP contribution in [0.25, 0.3) is 15.3 Å². The van der Waals surface area contributed by atoms with Gasteiger partial charge >= 0.3 is 0 Å². The van der Waals surface area contributed by atoms with Crippen molar-refractivity contribution >= 4 is 44.9 Å². The van der Waals surface area contributed by atoms with E-state index in [0.29, 0.717) is 16.5 Å². The summed E-state index contributed by atoms with van der Waals surface area (Å²) in [7, 11) is 0. The summed E-state index contributed by atoms with van der Waals surface area (Å²) in [5.74, 6) is 2.62. The number of nitrogens with one attached hydrogen (secondary N) is 1. The van der Waals surface area contributed by atoms with Gasteiger partial charge < -0.3 is 5.32 Å². The molecule has 0 saturated heterocycles. The summed E-state index contributed by atoms with van der Waals surface area (Å²) < 4.78 is 2.63. The van der Waals surface area contributed by atoms with Crippen molar-refractivity contribution in [3.63, 3.8) is 0 Å². The molecule has 32 heavy (non-hydrogen) atoms. The molecule has 0 fully saturated rings. The van der Waals surface area contributed by atoms with E-state index < -0.39 is 5.41 Å². The minimum absolute atomic E-state index is 0.00188. The molecule has 4 aromatic rings. The number of aromatic nitrogens is 3. The number of amides is 2. The molecule has 1 atom stereocenters. The normalized spacial score (nSPS) is 19.2. The zero-order chi connectivity index (χ0) is 22.0. The topological polar surface area (TPSA) is 80.1 Å². The molecule has 2 aliphatic heterocycles. The van der Waals surface area contributed by atoms with Crippen molar-refractivity contribution in [2.24, 2.45) is 0 Å². The van der Waals surface area contributed by atoms with Crippen LogP contribution in [0.2, 0.25) is 0 Å². The van der Waals surface area contributed by atoms with Gasteiger partial charge in [-0.05, 0) is 30.2 Å². The Hall–Kier alpha value is -3.96. The van der Waals surface area contributed by atoms with E-state index in [1.165, 1.54) is 11.3 Å². The van der Waals surface area contributed by atoms with Crippen molar-refractivity contribution in [3.8, 4) is 17.5 Å². The number of benzene rings is 2. The van der Waals surface area contributed by atoms with Crippen molar-refractivity contribution in [2.75, 3.05) is 16.8 Å². The molecule has 0 saturated carbocycles. The number of rotatable bonds is 2. The summed E-state index contributed by atoms with van der Waals surface area (Å²) >= 11 is 1.47. The largest absolute Gasteiger partial charge is 0.310 e. The predicted octanol–water partition coefficient (Wildman–Crippen LogP) is 3.40. The SMILES string of the molecule is C#CCN1C(=O)[C@]2(CC(=O)Nc3c2cnn3-c2nc3ccccc3s2)c2cccc(C)c21. The number of nitrogens with zero attached hydrogens (tertiary/aromatic N) is 4. The average Bonchev–Trinajstić information content (AvgIpc) is 3.45. The molecule has 0 unspecified atom stereocenters. The molecule has 4 heterocycles. The quantitative estimate of drug-likeness (QED) is 0.486. The molecule has 156 valence electrons. The van der Waals surface area contributed by atoms with E-state index in [0.717, 1.165) is 27.0 Å². The number of para-hydroxylation sites is 2. The molecular weight excluding hydrogens is 422 g/mol. The van der Waals surface area contributed by atoms with Crippen molar-refractivity contribution in [2.45, 2.75) is 18.8 Å². The van der Waals surface area contributed by atoms with Gasteiger partial charge in [-0.3, -0.25) is 14.5 Å². The molecule has 8 heteroatoms. The Balaban J connectivity index is 1.60. The number of carbonyl (C=O) groups is 2. The first-order valence-corrected chi connectivity index (χ1v) is 11.0. The number of carbonyl (C=O) groups excluding carboxylic acids is 2. The molecule has 2 aromatic heterocycles. The lowest BCUT2D eigenvalue weighted by molar-refractivity contribution is -0.126. The first kappa shape index (κ1) is 18.8. The third kappa shape index (κ3) is 2.31. The molecule has 0 bridgehead atoms. The minimum Gasteiger partial charge on any atom is -0.310 e. The summed E-state index contributed by atoms with van der Waals surface area (Å²) in [6.45, 7) is 2.09. The predicted molar refractivity (Wildman–Crippen MR) is 123 cm³/mol. The summed E-state index contributed by atoms with van der Waals surface area (Å²) in [5.41, 5.74) is 2.86. The lowest BCUT2D eigenvalue weighted by Gasteiger charge is -2.32. The van der Waals surface area contributed by atoms with Crippen molar-refractivity contribution in [3.05, 3.63) is 65.4 Å². The van der Waals surface area contributed by atoms with Gasteiger partial charge in [-0.15, -0.1) is 6.42 Å². The standard InChI is InChI=1S/C24H17N5O2S/c1-3-11-28-20-14(2)7-6-8-15(20)24(22(28)31)12-19(30)27-21-16(24)13-25-29(21)23-26-17-9-4-5-10-18(17)32-23/h1,4-10,13H,11-12H2,2H3,(H,27,30)/t24-/m1/s1. The van der Waals surface area contributed by atoms with Gasteiger partial charge in [0.25, 0.3) is 0 Å². The number of hydrogen-bond donors (Lipinski definition) is 1. The fourth-order valence-corrected chi connectivity index (χ4v) is 5.80. The van der Waals surface area contributed by atoms with Crippen LogP contribution in [-0.2, 0) is 15.0 Å². The Labute approximate surface area is 187 Å². The van der Waals surface area contributed by atoms with Crippen LogP contribution in [0.3, 0.4) is 0 Å². The van der Waals surface area contributed by atoms with Crippen LogP contribution < -0.4 is 10.2 Å². The van der Waals surface area contributed by atoms with Gasteiger partial charge in [0.2, 0.25) is 16.9 Å². The second kappa shape index (κ2) is 6.52. The Morgan fingerprint density at radius 1 is 1.19 bits per heavy atom. The summed E-state index contributed by atoms with van der Waals surface area (Å²) in [5, 5.41) is 8.11. The lowest BCUT2D eigenvalue weighted by atomic mass is 9.71. The minimum atomic E-state index is -1.16. The molecule has 2 amide bonds. The Kier molecular flexibility index (Phi) is 3.83. The van der Waals surface area contributed by atoms with Gasteiger partial charge in [-0.25, -0.2) is 4.98 Å². The molecule has 7 nitrogen and oxygen atoms in total. The monoisotopic (exact) mass is 439 g/mol. The summed E-state index contributed by atoms with van der Waals surface area (Å²) in [6.07, 6.45) is 7.26. The number of thiazole rings is 1.